The maximum Gasteiger partial charge on any atom is 0.277 e. The lowest BCUT2D eigenvalue weighted by Crippen LogP contribution is -2.28. The molecule has 4 aromatic rings. The zero-order valence-corrected chi connectivity index (χ0v) is 17.7. The molecule has 0 bridgehead atoms. The molecule has 1 N–H and O–H groups in total. The smallest absolute Gasteiger partial charge is 0.277 e. The minimum absolute atomic E-state index is 0.0798. The van der Waals surface area contributed by atoms with E-state index in [1.54, 1.807) is 30.6 Å². The topological polar surface area (TPSA) is 68.4 Å². The molecule has 0 spiro atoms. The highest BCUT2D eigenvalue weighted by molar-refractivity contribution is 6.30. The highest BCUT2D eigenvalue weighted by atomic mass is 35.5. The van der Waals surface area contributed by atoms with Crippen LogP contribution in [0.5, 0.6) is 0 Å². The van der Waals surface area contributed by atoms with Crippen LogP contribution in [-0.2, 0) is 11.3 Å². The molecule has 7 heteroatoms. The van der Waals surface area contributed by atoms with Gasteiger partial charge >= 0.3 is 0 Å². The molecular formula is C23H21ClN4O2. The molecule has 0 aliphatic carbocycles. The Balaban J connectivity index is 1.60. The normalized spacial score (nSPS) is 11.1. The van der Waals surface area contributed by atoms with E-state index in [0.717, 1.165) is 27.9 Å². The van der Waals surface area contributed by atoms with Crippen molar-refractivity contribution < 1.29 is 4.79 Å². The first-order chi connectivity index (χ1) is 14.3. The molecule has 6 nitrogen and oxygen atoms in total. The number of hydrogen-bond acceptors (Lipinski definition) is 3. The number of rotatable bonds is 4. The summed E-state index contributed by atoms with van der Waals surface area (Å²) in [6, 6.07) is 13.0. The largest absolute Gasteiger partial charge is 0.324 e. The number of nitrogens with one attached hydrogen (secondary N) is 1. The monoisotopic (exact) mass is 420 g/mol. The molecule has 2 aromatic carbocycles. The summed E-state index contributed by atoms with van der Waals surface area (Å²) in [7, 11) is 0. The number of halogens is 1. The van der Waals surface area contributed by atoms with Gasteiger partial charge in [0.25, 0.3) is 5.56 Å². The van der Waals surface area contributed by atoms with E-state index >= 15 is 0 Å². The maximum absolute atomic E-state index is 12.9. The summed E-state index contributed by atoms with van der Waals surface area (Å²) in [4.78, 5) is 25.5. The molecule has 0 aliphatic rings. The van der Waals surface area contributed by atoms with Crippen molar-refractivity contribution in [1.29, 1.82) is 0 Å². The Bertz CT molecular complexity index is 1300. The molecule has 30 heavy (non-hydrogen) atoms. The summed E-state index contributed by atoms with van der Waals surface area (Å²) in [5, 5.41) is 8.02. The molecule has 0 radical (unpaired) electrons. The Morgan fingerprint density at radius 3 is 2.37 bits per heavy atom. The summed E-state index contributed by atoms with van der Waals surface area (Å²) < 4.78 is 2.91. The van der Waals surface area contributed by atoms with E-state index in [1.807, 2.05) is 45.0 Å². The van der Waals surface area contributed by atoms with Crippen LogP contribution in [0.2, 0.25) is 5.02 Å². The zero-order valence-electron chi connectivity index (χ0n) is 16.9. The van der Waals surface area contributed by atoms with Gasteiger partial charge in [-0.3, -0.25) is 9.59 Å². The third-order valence-electron chi connectivity index (χ3n) is 5.00. The van der Waals surface area contributed by atoms with E-state index in [9.17, 15) is 9.59 Å². The minimum atomic E-state index is -0.280. The van der Waals surface area contributed by atoms with Crippen molar-refractivity contribution in [3.63, 3.8) is 0 Å². The fraction of sp³-hybridized carbons (Fsp3) is 0.174. The van der Waals surface area contributed by atoms with Gasteiger partial charge in [0.05, 0.1) is 5.69 Å². The lowest BCUT2D eigenvalue weighted by molar-refractivity contribution is -0.116. The average molecular weight is 421 g/mol. The molecule has 4 rings (SSSR count). The second-order valence-corrected chi connectivity index (χ2v) is 7.86. The summed E-state index contributed by atoms with van der Waals surface area (Å²) in [6.45, 7) is 5.85. The summed E-state index contributed by atoms with van der Waals surface area (Å²) in [5.74, 6) is -0.256. The molecule has 2 heterocycles. The number of anilines is 1. The first-order valence-electron chi connectivity index (χ1n) is 9.54. The van der Waals surface area contributed by atoms with Crippen LogP contribution in [-0.4, -0.2) is 20.1 Å². The summed E-state index contributed by atoms with van der Waals surface area (Å²) >= 11 is 5.94. The predicted octanol–water partition coefficient (Wildman–Crippen LogP) is 4.38. The Hall–Kier alpha value is -3.38. The number of nitrogens with zero attached hydrogens (tertiary/aromatic N) is 3. The van der Waals surface area contributed by atoms with Crippen LogP contribution in [0, 0.1) is 20.8 Å². The van der Waals surface area contributed by atoms with E-state index < -0.39 is 0 Å². The number of aryl methyl sites for hydroxylation is 3. The van der Waals surface area contributed by atoms with Crippen LogP contribution < -0.4 is 10.9 Å². The maximum atomic E-state index is 12.9. The van der Waals surface area contributed by atoms with Crippen molar-refractivity contribution in [2.24, 2.45) is 0 Å². The van der Waals surface area contributed by atoms with Crippen LogP contribution in [0.4, 0.5) is 5.69 Å². The van der Waals surface area contributed by atoms with Crippen LogP contribution >= 0.6 is 11.6 Å². The first-order valence-corrected chi connectivity index (χ1v) is 9.92. The fourth-order valence-electron chi connectivity index (χ4n) is 3.62. The van der Waals surface area contributed by atoms with E-state index in [1.165, 1.54) is 9.08 Å². The lowest BCUT2D eigenvalue weighted by Gasteiger charge is -2.13. The number of hydrogen-bond donors (Lipinski definition) is 1. The molecule has 0 unspecified atom stereocenters. The van der Waals surface area contributed by atoms with E-state index in [0.29, 0.717) is 16.2 Å². The molecule has 0 atom stereocenters. The van der Waals surface area contributed by atoms with Crippen LogP contribution in [0.3, 0.4) is 0 Å². The molecule has 0 saturated heterocycles. The van der Waals surface area contributed by atoms with E-state index in [2.05, 4.69) is 10.4 Å². The van der Waals surface area contributed by atoms with Gasteiger partial charge in [-0.1, -0.05) is 41.4 Å². The Labute approximate surface area is 178 Å². The van der Waals surface area contributed by atoms with Gasteiger partial charge in [-0.25, -0.2) is 4.52 Å². The van der Waals surface area contributed by atoms with Crippen molar-refractivity contribution in [1.82, 2.24) is 14.2 Å². The van der Waals surface area contributed by atoms with Crippen LogP contribution in [0.15, 0.2) is 59.7 Å². The molecule has 0 aliphatic heterocycles. The van der Waals surface area contributed by atoms with Gasteiger partial charge in [-0.15, -0.1) is 0 Å². The van der Waals surface area contributed by atoms with Gasteiger partial charge in [0.2, 0.25) is 5.91 Å². The zero-order chi connectivity index (χ0) is 21.4. The van der Waals surface area contributed by atoms with E-state index in [-0.39, 0.29) is 18.0 Å². The van der Waals surface area contributed by atoms with Crippen molar-refractivity contribution in [3.05, 3.63) is 86.9 Å². The van der Waals surface area contributed by atoms with Gasteiger partial charge in [0.15, 0.2) is 0 Å². The van der Waals surface area contributed by atoms with E-state index in [4.69, 9.17) is 11.6 Å². The third kappa shape index (κ3) is 3.86. The Kier molecular flexibility index (Phi) is 5.18. The second-order valence-electron chi connectivity index (χ2n) is 7.42. The van der Waals surface area contributed by atoms with Crippen LogP contribution in [0.1, 0.15) is 16.7 Å². The number of carbonyl (C=O) groups excluding carboxylic acids is 1. The van der Waals surface area contributed by atoms with Crippen molar-refractivity contribution in [3.8, 4) is 11.3 Å². The Morgan fingerprint density at radius 1 is 1.03 bits per heavy atom. The number of fused-ring (bicyclic) bond motifs is 1. The predicted molar refractivity (Wildman–Crippen MR) is 119 cm³/mol. The molecule has 0 saturated carbocycles. The SMILES string of the molecule is Cc1cc(C)c(NC(=O)Cn2ccn3nc(-c4ccc(Cl)cc4)cc3c2=O)c(C)c1. The molecule has 152 valence electrons. The molecule has 0 fully saturated rings. The lowest BCUT2D eigenvalue weighted by atomic mass is 10.1. The highest BCUT2D eigenvalue weighted by Gasteiger charge is 2.13. The third-order valence-corrected chi connectivity index (χ3v) is 5.25. The number of aromatic nitrogens is 3. The quantitative estimate of drug-likeness (QED) is 0.532. The standard InChI is InChI=1S/C23H21ClN4O2/c1-14-10-15(2)22(16(3)11-14)25-21(29)13-27-8-9-28-20(23(27)30)12-19(26-28)17-4-6-18(24)7-5-17/h4-12H,13H2,1-3H3,(H,25,29). The summed E-state index contributed by atoms with van der Waals surface area (Å²) in [5.41, 5.74) is 5.56. The van der Waals surface area contributed by atoms with Crippen molar-refractivity contribution >= 4 is 28.7 Å². The number of carbonyl (C=O) groups is 1. The second kappa shape index (κ2) is 7.80. The molecule has 1 amide bonds. The van der Waals surface area contributed by atoms with Gasteiger partial charge < -0.3 is 9.88 Å². The first kappa shape index (κ1) is 19.9. The van der Waals surface area contributed by atoms with Gasteiger partial charge in [0, 0.05) is 28.7 Å². The van der Waals surface area contributed by atoms with Crippen molar-refractivity contribution in [2.45, 2.75) is 27.3 Å². The summed E-state index contributed by atoms with van der Waals surface area (Å²) in [6.07, 6.45) is 3.24. The van der Waals surface area contributed by atoms with Gasteiger partial charge in [-0.2, -0.15) is 5.10 Å². The van der Waals surface area contributed by atoms with Crippen molar-refractivity contribution in [2.75, 3.05) is 5.32 Å². The van der Waals surface area contributed by atoms with Crippen LogP contribution in [0.25, 0.3) is 16.8 Å². The Morgan fingerprint density at radius 2 is 1.70 bits per heavy atom. The minimum Gasteiger partial charge on any atom is -0.324 e. The molecule has 2 aromatic heterocycles. The number of benzene rings is 2. The number of amides is 1. The van der Waals surface area contributed by atoms with Gasteiger partial charge in [0.1, 0.15) is 12.1 Å². The fourth-order valence-corrected chi connectivity index (χ4v) is 3.75. The molecular weight excluding hydrogens is 400 g/mol. The highest BCUT2D eigenvalue weighted by Crippen LogP contribution is 2.22. The van der Waals surface area contributed by atoms with Gasteiger partial charge in [-0.05, 0) is 50.1 Å². The average Bonchev–Trinajstić information content (AvgIpc) is 3.12.